The number of benzene rings is 7. The van der Waals surface area contributed by atoms with Gasteiger partial charge < -0.3 is 14.2 Å². The molecule has 12 rings (SSSR count). The van der Waals surface area contributed by atoms with Crippen molar-refractivity contribution in [1.29, 1.82) is 0 Å². The van der Waals surface area contributed by atoms with Gasteiger partial charge in [-0.1, -0.05) is 129 Å². The molecule has 0 aliphatic carbocycles. The summed E-state index contributed by atoms with van der Waals surface area (Å²) >= 11 is 3.65. The second-order valence-corrected chi connectivity index (χ2v) is 25.1. The minimum absolute atomic E-state index is 0.00425. The van der Waals surface area contributed by atoms with E-state index in [9.17, 15) is 0 Å². The van der Waals surface area contributed by atoms with Crippen LogP contribution < -0.4 is 26.4 Å². The van der Waals surface area contributed by atoms with Gasteiger partial charge >= 0.3 is 0 Å². The zero-order chi connectivity index (χ0) is 48.9. The summed E-state index contributed by atoms with van der Waals surface area (Å²) < 4.78 is 10.1. The van der Waals surface area contributed by atoms with Gasteiger partial charge in [0.05, 0.1) is 22.7 Å². The SMILES string of the molecule is Cc1cc(C(C)(C)C)cc(C)c1N1c2cc(-c3csc4ccccc34)ccc2B2c3oc4ccc(C(C)(C)C)cc4c3N(c3c(C)cc(-c4csc5ccccc45)cc3C)c3cc(C(C)(C)C)cc1c32. The number of nitrogens with zero attached hydrogens (tertiary/aromatic N) is 2. The van der Waals surface area contributed by atoms with Crippen molar-refractivity contribution in [3.8, 4) is 22.3 Å². The molecule has 70 heavy (non-hydrogen) atoms. The quantitative estimate of drug-likeness (QED) is 0.164. The van der Waals surface area contributed by atoms with Crippen molar-refractivity contribution in [1.82, 2.24) is 0 Å². The molecule has 0 saturated carbocycles. The lowest BCUT2D eigenvalue weighted by Crippen LogP contribution is -2.61. The number of furan rings is 1. The topological polar surface area (TPSA) is 19.6 Å². The van der Waals surface area contributed by atoms with E-state index < -0.39 is 0 Å². The molecule has 3 aromatic heterocycles. The number of fused-ring (bicyclic) bond motifs is 8. The van der Waals surface area contributed by atoms with Gasteiger partial charge in [-0.15, -0.1) is 22.7 Å². The highest BCUT2D eigenvalue weighted by Gasteiger charge is 2.48. The Bertz CT molecular complexity index is 3760. The zero-order valence-electron chi connectivity index (χ0n) is 42.9. The summed E-state index contributed by atoms with van der Waals surface area (Å²) in [6.45, 7) is 30.1. The highest BCUT2D eigenvalue weighted by Crippen LogP contribution is 2.52. The molecule has 10 aromatic rings. The van der Waals surface area contributed by atoms with Crippen molar-refractivity contribution >= 4 is 111 Å². The predicted molar refractivity (Wildman–Crippen MR) is 307 cm³/mol. The zero-order valence-corrected chi connectivity index (χ0v) is 44.5. The molecule has 7 aromatic carbocycles. The molecular formula is C64H61BN2OS2. The molecule has 0 bridgehead atoms. The monoisotopic (exact) mass is 948 g/mol. The Labute approximate surface area is 422 Å². The summed E-state index contributed by atoms with van der Waals surface area (Å²) in [7, 11) is 0. The summed E-state index contributed by atoms with van der Waals surface area (Å²) in [6.07, 6.45) is 0. The Hall–Kier alpha value is -6.34. The average molecular weight is 949 g/mol. The molecule has 0 radical (unpaired) electrons. The Morgan fingerprint density at radius 2 is 0.957 bits per heavy atom. The molecule has 0 unspecified atom stereocenters. The van der Waals surface area contributed by atoms with Crippen LogP contribution in [0, 0.1) is 27.7 Å². The van der Waals surface area contributed by atoms with Crippen LogP contribution in [-0.2, 0) is 16.2 Å². The maximum absolute atomic E-state index is 7.47. The first-order valence-electron chi connectivity index (χ1n) is 24.9. The molecule has 5 heterocycles. The maximum Gasteiger partial charge on any atom is 0.297 e. The average Bonchev–Trinajstić information content (AvgIpc) is 4.04. The smallest absolute Gasteiger partial charge is 0.297 e. The van der Waals surface area contributed by atoms with Crippen LogP contribution in [0.2, 0.25) is 0 Å². The second kappa shape index (κ2) is 15.6. The Kier molecular flexibility index (Phi) is 9.98. The fourth-order valence-corrected chi connectivity index (χ4v) is 13.6. The lowest BCUT2D eigenvalue weighted by molar-refractivity contribution is 0.589. The van der Waals surface area contributed by atoms with Gasteiger partial charge in [0.2, 0.25) is 0 Å². The van der Waals surface area contributed by atoms with E-state index in [1.807, 2.05) is 22.7 Å². The van der Waals surface area contributed by atoms with Crippen LogP contribution in [0.15, 0.2) is 137 Å². The van der Waals surface area contributed by atoms with Crippen molar-refractivity contribution < 1.29 is 4.42 Å². The highest BCUT2D eigenvalue weighted by molar-refractivity contribution is 7.18. The first-order valence-corrected chi connectivity index (χ1v) is 26.7. The lowest BCUT2D eigenvalue weighted by Gasteiger charge is -2.45. The van der Waals surface area contributed by atoms with E-state index in [2.05, 4.69) is 232 Å². The van der Waals surface area contributed by atoms with Crippen molar-refractivity contribution in [2.24, 2.45) is 0 Å². The standard InChI is InChI=1S/C64H61BN2OS2/c1-36-26-41(49-35-70-56-21-17-15-19-46(49)56)27-37(2)59(36)67-53-33-44(64(11,12)13)32-52-57(53)65(61-60(67)47-31-42(62(5,6)7)23-25-54(47)68-61)50-24-22-40(48-34-69-55-20-16-14-18-45(48)55)30-51(50)66(52)58-38(3)28-43(29-39(58)4)63(8,9)10/h14-35H,1-13H3. The summed E-state index contributed by atoms with van der Waals surface area (Å²) in [4.78, 5) is 5.26. The normalized spacial score (nSPS) is 13.7. The molecule has 348 valence electrons. The molecule has 0 atom stereocenters. The highest BCUT2D eigenvalue weighted by atomic mass is 32.1. The van der Waals surface area contributed by atoms with Gasteiger partial charge in [0.25, 0.3) is 6.71 Å². The third kappa shape index (κ3) is 6.88. The van der Waals surface area contributed by atoms with Gasteiger partial charge in [-0.25, -0.2) is 0 Å². The van der Waals surface area contributed by atoms with Gasteiger partial charge in [-0.3, -0.25) is 0 Å². The minimum Gasteiger partial charge on any atom is -0.468 e. The van der Waals surface area contributed by atoms with Crippen LogP contribution in [-0.4, -0.2) is 6.71 Å². The first kappa shape index (κ1) is 44.8. The number of aryl methyl sites for hydroxylation is 4. The largest absolute Gasteiger partial charge is 0.468 e. The molecule has 6 heteroatoms. The van der Waals surface area contributed by atoms with E-state index in [0.29, 0.717) is 0 Å². The maximum atomic E-state index is 7.47. The van der Waals surface area contributed by atoms with Crippen LogP contribution >= 0.6 is 22.7 Å². The van der Waals surface area contributed by atoms with Crippen molar-refractivity contribution in [2.45, 2.75) is 106 Å². The summed E-state index contributed by atoms with van der Waals surface area (Å²) in [5.41, 5.74) is 25.4. The minimum atomic E-state index is -0.165. The predicted octanol–water partition coefficient (Wildman–Crippen LogP) is 17.4. The van der Waals surface area contributed by atoms with Gasteiger partial charge in [0.15, 0.2) is 0 Å². The summed E-state index contributed by atoms with van der Waals surface area (Å²) in [5, 5.41) is 8.43. The van der Waals surface area contributed by atoms with E-state index in [-0.39, 0.29) is 23.0 Å². The lowest BCUT2D eigenvalue weighted by atomic mass is 9.35. The van der Waals surface area contributed by atoms with Crippen LogP contribution in [0.4, 0.5) is 34.1 Å². The summed E-state index contributed by atoms with van der Waals surface area (Å²) in [5.74, 6) is 0. The molecule has 0 saturated heterocycles. The van der Waals surface area contributed by atoms with Crippen LogP contribution in [0.25, 0.3) is 53.4 Å². The molecule has 0 spiro atoms. The summed E-state index contributed by atoms with van der Waals surface area (Å²) in [6, 6.07) is 46.6. The molecule has 0 N–H and O–H groups in total. The molecular weight excluding hydrogens is 888 g/mol. The molecule has 0 amide bonds. The molecule has 3 nitrogen and oxygen atoms in total. The van der Waals surface area contributed by atoms with E-state index in [1.54, 1.807) is 0 Å². The second-order valence-electron chi connectivity index (χ2n) is 23.3. The number of rotatable bonds is 4. The Balaban J connectivity index is 1.20. The fourth-order valence-electron chi connectivity index (χ4n) is 11.6. The Morgan fingerprint density at radius 3 is 1.54 bits per heavy atom. The molecule has 0 fully saturated rings. The first-order chi connectivity index (χ1) is 33.3. The van der Waals surface area contributed by atoms with E-state index >= 15 is 0 Å². The third-order valence-corrected chi connectivity index (χ3v) is 17.2. The number of hydrogen-bond donors (Lipinski definition) is 0. The third-order valence-electron chi connectivity index (χ3n) is 15.3. The molecule has 2 aliphatic heterocycles. The Morgan fingerprint density at radius 1 is 0.443 bits per heavy atom. The van der Waals surface area contributed by atoms with Gasteiger partial charge in [0.1, 0.15) is 5.58 Å². The van der Waals surface area contributed by atoms with Crippen molar-refractivity contribution in [3.63, 3.8) is 0 Å². The van der Waals surface area contributed by atoms with E-state index in [4.69, 9.17) is 4.42 Å². The van der Waals surface area contributed by atoms with Gasteiger partial charge in [-0.2, -0.15) is 0 Å². The van der Waals surface area contributed by atoms with Crippen molar-refractivity contribution in [3.05, 3.63) is 171 Å². The number of hydrogen-bond acceptors (Lipinski definition) is 5. The van der Waals surface area contributed by atoms with Crippen LogP contribution in [0.1, 0.15) is 101 Å². The fraction of sp³-hybridized carbons (Fsp3) is 0.250. The van der Waals surface area contributed by atoms with Crippen LogP contribution in [0.5, 0.6) is 0 Å². The number of thiophene rings is 2. The molecule has 2 aliphatic rings. The van der Waals surface area contributed by atoms with E-state index in [0.717, 1.165) is 22.3 Å². The van der Waals surface area contributed by atoms with E-state index in [1.165, 1.54) is 121 Å². The number of anilines is 6. The van der Waals surface area contributed by atoms with Crippen molar-refractivity contribution in [2.75, 3.05) is 9.80 Å². The van der Waals surface area contributed by atoms with Crippen LogP contribution in [0.3, 0.4) is 0 Å². The van der Waals surface area contributed by atoms with Gasteiger partial charge in [0, 0.05) is 53.7 Å². The van der Waals surface area contributed by atoms with Gasteiger partial charge in [-0.05, 0) is 170 Å².